The van der Waals surface area contributed by atoms with Crippen molar-refractivity contribution in [2.24, 2.45) is 5.92 Å². The normalized spacial score (nSPS) is 15.7. The molecule has 1 fully saturated rings. The molecule has 0 radical (unpaired) electrons. The number of benzene rings is 2. The molecule has 2 amide bonds. The van der Waals surface area contributed by atoms with Crippen LogP contribution in [0.3, 0.4) is 0 Å². The summed E-state index contributed by atoms with van der Waals surface area (Å²) in [6.07, 6.45) is 0. The van der Waals surface area contributed by atoms with E-state index >= 15 is 0 Å². The molecule has 2 aromatic carbocycles. The number of nitrogens with one attached hydrogen (secondary N) is 2. The number of hydrogen-bond donors (Lipinski definition) is 2. The Hall–Kier alpha value is -2.70. The minimum atomic E-state index is -0.610. The van der Waals surface area contributed by atoms with E-state index in [9.17, 15) is 9.59 Å². The fraction of sp³-hybridized carbons (Fsp3) is 0.500. The van der Waals surface area contributed by atoms with E-state index in [0.29, 0.717) is 12.1 Å². The number of hydrogen-bond acceptors (Lipinski definition) is 4. The van der Waals surface area contributed by atoms with E-state index in [-0.39, 0.29) is 23.1 Å². The highest BCUT2D eigenvalue weighted by molar-refractivity contribution is 5.97. The van der Waals surface area contributed by atoms with Crippen LogP contribution in [-0.2, 0) is 28.0 Å². The van der Waals surface area contributed by atoms with Crippen molar-refractivity contribution in [2.45, 2.75) is 59.2 Å². The van der Waals surface area contributed by atoms with Gasteiger partial charge in [0.1, 0.15) is 6.04 Å². The van der Waals surface area contributed by atoms with Crippen LogP contribution < -0.4 is 10.6 Å². The summed E-state index contributed by atoms with van der Waals surface area (Å²) in [5, 5.41) is 5.98. The van der Waals surface area contributed by atoms with Crippen molar-refractivity contribution in [3.63, 3.8) is 0 Å². The summed E-state index contributed by atoms with van der Waals surface area (Å²) in [4.78, 5) is 28.3. The fourth-order valence-corrected chi connectivity index (χ4v) is 4.06. The van der Waals surface area contributed by atoms with Crippen LogP contribution in [0.4, 0.5) is 0 Å². The van der Waals surface area contributed by atoms with E-state index in [0.717, 1.165) is 44.0 Å². The van der Waals surface area contributed by atoms with Crippen molar-refractivity contribution < 1.29 is 14.3 Å². The van der Waals surface area contributed by atoms with Crippen LogP contribution in [0.2, 0.25) is 0 Å². The van der Waals surface area contributed by atoms with Gasteiger partial charge in [0.2, 0.25) is 5.91 Å². The Kier molecular flexibility index (Phi) is 8.86. The lowest BCUT2D eigenvalue weighted by Crippen LogP contribution is -2.49. The molecule has 1 aliphatic heterocycles. The van der Waals surface area contributed by atoms with Gasteiger partial charge in [-0.1, -0.05) is 71.0 Å². The zero-order valence-corrected chi connectivity index (χ0v) is 21.2. The van der Waals surface area contributed by atoms with E-state index in [1.165, 1.54) is 5.56 Å². The minimum absolute atomic E-state index is 0.0213. The third-order valence-corrected chi connectivity index (χ3v) is 6.32. The lowest BCUT2D eigenvalue weighted by Gasteiger charge is -2.27. The van der Waals surface area contributed by atoms with Gasteiger partial charge < -0.3 is 15.4 Å². The number of amides is 2. The summed E-state index contributed by atoms with van der Waals surface area (Å²) in [7, 11) is 0. The van der Waals surface area contributed by atoms with Gasteiger partial charge in [0.25, 0.3) is 5.91 Å². The molecule has 34 heavy (non-hydrogen) atoms. The SMILES string of the molecule is CC(C)[C@H](NC(=O)c1ccc(C(C)(C)C)cc1)C(=O)NCc1ccccc1CN1CCOCC1. The van der Waals surface area contributed by atoms with E-state index in [1.807, 2.05) is 50.2 Å². The molecule has 2 N–H and O–H groups in total. The monoisotopic (exact) mass is 465 g/mol. The van der Waals surface area contributed by atoms with E-state index in [4.69, 9.17) is 4.74 Å². The highest BCUT2D eigenvalue weighted by Crippen LogP contribution is 2.22. The first-order chi connectivity index (χ1) is 16.1. The molecule has 0 unspecified atom stereocenters. The van der Waals surface area contributed by atoms with Gasteiger partial charge in [0.05, 0.1) is 13.2 Å². The summed E-state index contributed by atoms with van der Waals surface area (Å²) in [5.74, 6) is -0.445. The Morgan fingerprint density at radius 3 is 2.18 bits per heavy atom. The second-order valence-electron chi connectivity index (χ2n) is 10.4. The topological polar surface area (TPSA) is 70.7 Å². The molecule has 1 atom stereocenters. The summed E-state index contributed by atoms with van der Waals surface area (Å²) in [6.45, 7) is 14.9. The molecular weight excluding hydrogens is 426 g/mol. The molecule has 184 valence electrons. The molecule has 0 saturated carbocycles. The van der Waals surface area contributed by atoms with Crippen LogP contribution in [-0.4, -0.2) is 49.1 Å². The number of rotatable bonds is 8. The average Bonchev–Trinajstić information content (AvgIpc) is 2.81. The van der Waals surface area contributed by atoms with Gasteiger partial charge in [-0.25, -0.2) is 0 Å². The molecule has 2 aromatic rings. The third-order valence-electron chi connectivity index (χ3n) is 6.32. The standard InChI is InChI=1S/C28H39N3O3/c1-20(2)25(30-26(32)21-10-12-24(13-11-21)28(3,4)5)27(33)29-18-22-8-6-7-9-23(22)19-31-14-16-34-17-15-31/h6-13,20,25H,14-19H2,1-5H3,(H,29,33)(H,30,32)/t25-/m0/s1. The Balaban J connectivity index is 1.61. The molecule has 0 aliphatic carbocycles. The third kappa shape index (κ3) is 7.15. The second kappa shape index (κ2) is 11.6. The van der Waals surface area contributed by atoms with Crippen LogP contribution >= 0.6 is 0 Å². The van der Waals surface area contributed by atoms with Crippen molar-refractivity contribution in [3.05, 3.63) is 70.8 Å². The van der Waals surface area contributed by atoms with Crippen molar-refractivity contribution in [1.29, 1.82) is 0 Å². The van der Waals surface area contributed by atoms with Crippen LogP contribution in [0.5, 0.6) is 0 Å². The van der Waals surface area contributed by atoms with E-state index < -0.39 is 6.04 Å². The molecule has 1 heterocycles. The Bertz CT molecular complexity index is 958. The van der Waals surface area contributed by atoms with Crippen molar-refractivity contribution in [1.82, 2.24) is 15.5 Å². The van der Waals surface area contributed by atoms with E-state index in [1.54, 1.807) is 0 Å². The number of ether oxygens (including phenoxy) is 1. The van der Waals surface area contributed by atoms with Crippen molar-refractivity contribution in [2.75, 3.05) is 26.3 Å². The maximum absolute atomic E-state index is 13.1. The molecule has 0 bridgehead atoms. The first-order valence-electron chi connectivity index (χ1n) is 12.2. The highest BCUT2D eigenvalue weighted by Gasteiger charge is 2.25. The fourth-order valence-electron chi connectivity index (χ4n) is 4.06. The molecule has 6 heteroatoms. The second-order valence-corrected chi connectivity index (χ2v) is 10.4. The zero-order chi connectivity index (χ0) is 24.7. The molecule has 1 aliphatic rings. The molecule has 6 nitrogen and oxygen atoms in total. The Labute approximate surface area is 204 Å². The molecule has 3 rings (SSSR count). The van der Waals surface area contributed by atoms with Gasteiger partial charge in [-0.2, -0.15) is 0 Å². The molecule has 1 saturated heterocycles. The first-order valence-corrected chi connectivity index (χ1v) is 12.2. The van der Waals surface area contributed by atoms with E-state index in [2.05, 4.69) is 48.4 Å². The van der Waals surface area contributed by atoms with Crippen LogP contribution in [0, 0.1) is 5.92 Å². The number of carbonyl (C=O) groups excluding carboxylic acids is 2. The van der Waals surface area contributed by atoms with Gasteiger partial charge in [-0.3, -0.25) is 14.5 Å². The molecular formula is C28H39N3O3. The minimum Gasteiger partial charge on any atom is -0.379 e. The van der Waals surface area contributed by atoms with Crippen LogP contribution in [0.25, 0.3) is 0 Å². The average molecular weight is 466 g/mol. The predicted molar refractivity (Wildman–Crippen MR) is 136 cm³/mol. The van der Waals surface area contributed by atoms with Gasteiger partial charge in [-0.15, -0.1) is 0 Å². The van der Waals surface area contributed by atoms with Gasteiger partial charge in [0, 0.05) is 31.7 Å². The highest BCUT2D eigenvalue weighted by atomic mass is 16.5. The molecule has 0 aromatic heterocycles. The predicted octanol–water partition coefficient (Wildman–Crippen LogP) is 3.89. The largest absolute Gasteiger partial charge is 0.379 e. The number of carbonyl (C=O) groups is 2. The zero-order valence-electron chi connectivity index (χ0n) is 21.2. The molecule has 0 spiro atoms. The summed E-state index contributed by atoms with van der Waals surface area (Å²) in [6, 6.07) is 15.2. The number of nitrogens with zero attached hydrogens (tertiary/aromatic N) is 1. The van der Waals surface area contributed by atoms with Crippen LogP contribution in [0.1, 0.15) is 61.7 Å². The van der Waals surface area contributed by atoms with Crippen LogP contribution in [0.15, 0.2) is 48.5 Å². The smallest absolute Gasteiger partial charge is 0.251 e. The van der Waals surface area contributed by atoms with Gasteiger partial charge in [-0.05, 0) is 40.2 Å². The Morgan fingerprint density at radius 2 is 1.59 bits per heavy atom. The summed E-state index contributed by atoms with van der Waals surface area (Å²) >= 11 is 0. The lowest BCUT2D eigenvalue weighted by molar-refractivity contribution is -0.124. The quantitative estimate of drug-likeness (QED) is 0.621. The van der Waals surface area contributed by atoms with Gasteiger partial charge >= 0.3 is 0 Å². The van der Waals surface area contributed by atoms with Crippen molar-refractivity contribution >= 4 is 11.8 Å². The maximum Gasteiger partial charge on any atom is 0.251 e. The summed E-state index contributed by atoms with van der Waals surface area (Å²) < 4.78 is 5.45. The lowest BCUT2D eigenvalue weighted by atomic mass is 9.86. The Morgan fingerprint density at radius 1 is 0.971 bits per heavy atom. The first kappa shape index (κ1) is 25.9. The maximum atomic E-state index is 13.1. The van der Waals surface area contributed by atoms with Gasteiger partial charge in [0.15, 0.2) is 0 Å². The number of morpholine rings is 1. The summed E-state index contributed by atoms with van der Waals surface area (Å²) in [5.41, 5.74) is 4.04. The van der Waals surface area contributed by atoms with Crippen molar-refractivity contribution in [3.8, 4) is 0 Å².